The fourth-order valence-corrected chi connectivity index (χ4v) is 2.61. The van der Waals surface area contributed by atoms with Gasteiger partial charge in [0.25, 0.3) is 0 Å². The maximum Gasteiger partial charge on any atom is 0.134 e. The Bertz CT molecular complexity index is 700. The first-order valence-corrected chi connectivity index (χ1v) is 7.64. The van der Waals surface area contributed by atoms with Gasteiger partial charge in [-0.15, -0.1) is 0 Å². The van der Waals surface area contributed by atoms with E-state index in [2.05, 4.69) is 54.7 Å². The minimum atomic E-state index is 0.972. The van der Waals surface area contributed by atoms with Crippen molar-refractivity contribution in [3.63, 3.8) is 0 Å². The summed E-state index contributed by atoms with van der Waals surface area (Å²) in [6.07, 6.45) is 4.07. The first-order chi connectivity index (χ1) is 10.4. The van der Waals surface area contributed by atoms with Crippen LogP contribution < -0.4 is 5.32 Å². The summed E-state index contributed by atoms with van der Waals surface area (Å²) in [5, 5.41) is 4.67. The third kappa shape index (κ3) is 3.17. The normalized spacial score (nSPS) is 11.1. The van der Waals surface area contributed by atoms with Crippen molar-refractivity contribution in [1.82, 2.24) is 5.32 Å². The zero-order valence-electron chi connectivity index (χ0n) is 12.4. The lowest BCUT2D eigenvalue weighted by Gasteiger charge is -2.04. The van der Waals surface area contributed by atoms with E-state index in [-0.39, 0.29) is 0 Å². The van der Waals surface area contributed by atoms with E-state index in [1.165, 1.54) is 28.5 Å². The van der Waals surface area contributed by atoms with Gasteiger partial charge in [0.2, 0.25) is 0 Å². The van der Waals surface area contributed by atoms with Crippen LogP contribution in [-0.2, 0) is 6.42 Å². The van der Waals surface area contributed by atoms with Crippen LogP contribution in [0.3, 0.4) is 0 Å². The van der Waals surface area contributed by atoms with Crippen molar-refractivity contribution in [2.24, 2.45) is 0 Å². The van der Waals surface area contributed by atoms with Gasteiger partial charge in [-0.25, -0.2) is 0 Å². The highest BCUT2D eigenvalue weighted by Gasteiger charge is 2.07. The molecule has 0 amide bonds. The Hall–Kier alpha value is -2.06. The molecular weight excluding hydrogens is 258 g/mol. The van der Waals surface area contributed by atoms with Gasteiger partial charge < -0.3 is 9.73 Å². The second kappa shape index (κ2) is 6.59. The summed E-state index contributed by atoms with van der Waals surface area (Å²) in [6, 6.07) is 16.9. The summed E-state index contributed by atoms with van der Waals surface area (Å²) in [7, 11) is 0. The van der Waals surface area contributed by atoms with Crippen LogP contribution in [-0.4, -0.2) is 13.1 Å². The van der Waals surface area contributed by atoms with Gasteiger partial charge in [-0.2, -0.15) is 0 Å². The van der Waals surface area contributed by atoms with E-state index in [1.54, 1.807) is 0 Å². The summed E-state index contributed by atoms with van der Waals surface area (Å²) in [5.41, 5.74) is 4.74. The highest BCUT2D eigenvalue weighted by molar-refractivity contribution is 5.86. The molecule has 0 aliphatic rings. The molecule has 2 heteroatoms. The second-order valence-corrected chi connectivity index (χ2v) is 5.34. The topological polar surface area (TPSA) is 25.2 Å². The number of benzene rings is 2. The van der Waals surface area contributed by atoms with Crippen molar-refractivity contribution >= 4 is 11.0 Å². The Labute approximate surface area is 125 Å². The zero-order valence-corrected chi connectivity index (χ0v) is 12.4. The molecule has 0 bridgehead atoms. The number of hydrogen-bond acceptors (Lipinski definition) is 2. The molecule has 0 spiro atoms. The lowest BCUT2D eigenvalue weighted by Crippen LogP contribution is -2.17. The van der Waals surface area contributed by atoms with E-state index in [4.69, 9.17) is 4.42 Å². The lowest BCUT2D eigenvalue weighted by atomic mass is 10.0. The monoisotopic (exact) mass is 279 g/mol. The smallest absolute Gasteiger partial charge is 0.134 e. The molecule has 0 aliphatic heterocycles. The van der Waals surface area contributed by atoms with Gasteiger partial charge in [-0.3, -0.25) is 0 Å². The maximum absolute atomic E-state index is 5.67. The molecule has 1 aromatic heterocycles. The molecule has 0 saturated heterocycles. The average molecular weight is 279 g/mol. The van der Waals surface area contributed by atoms with Gasteiger partial charge in [0.05, 0.1) is 6.26 Å². The summed E-state index contributed by atoms with van der Waals surface area (Å²) < 4.78 is 5.67. The molecule has 0 atom stereocenters. The largest absolute Gasteiger partial charge is 0.464 e. The molecule has 3 rings (SSSR count). The van der Waals surface area contributed by atoms with E-state index in [1.807, 2.05) is 12.3 Å². The van der Waals surface area contributed by atoms with Crippen molar-refractivity contribution in [2.75, 3.05) is 13.1 Å². The average Bonchev–Trinajstić information content (AvgIpc) is 2.95. The first-order valence-electron chi connectivity index (χ1n) is 7.64. The first kappa shape index (κ1) is 13.9. The lowest BCUT2D eigenvalue weighted by molar-refractivity contribution is 0.605. The van der Waals surface area contributed by atoms with E-state index >= 15 is 0 Å². The van der Waals surface area contributed by atoms with Crippen LogP contribution >= 0.6 is 0 Å². The molecule has 2 nitrogen and oxygen atoms in total. The predicted molar refractivity (Wildman–Crippen MR) is 88.5 cm³/mol. The van der Waals surface area contributed by atoms with Crippen LogP contribution in [0, 0.1) is 0 Å². The molecule has 1 heterocycles. The summed E-state index contributed by atoms with van der Waals surface area (Å²) in [5.74, 6) is 0. The summed E-state index contributed by atoms with van der Waals surface area (Å²) in [4.78, 5) is 0. The third-order valence-electron chi connectivity index (χ3n) is 3.76. The Morgan fingerprint density at radius 2 is 1.81 bits per heavy atom. The molecule has 0 saturated carbocycles. The number of nitrogens with one attached hydrogen (secondary N) is 1. The third-order valence-corrected chi connectivity index (χ3v) is 3.76. The molecule has 21 heavy (non-hydrogen) atoms. The van der Waals surface area contributed by atoms with Crippen LogP contribution in [0.5, 0.6) is 0 Å². The Morgan fingerprint density at radius 1 is 0.952 bits per heavy atom. The molecule has 0 fully saturated rings. The molecule has 0 unspecified atom stereocenters. The van der Waals surface area contributed by atoms with Crippen LogP contribution in [0.25, 0.3) is 22.1 Å². The molecule has 108 valence electrons. The zero-order chi connectivity index (χ0) is 14.5. The Kier molecular flexibility index (Phi) is 4.37. The predicted octanol–water partition coefficient (Wildman–Crippen LogP) is 4.64. The molecule has 0 radical (unpaired) electrons. The quantitative estimate of drug-likeness (QED) is 0.665. The highest BCUT2D eigenvalue weighted by Crippen LogP contribution is 2.28. The van der Waals surface area contributed by atoms with Crippen molar-refractivity contribution in [3.05, 3.63) is 60.4 Å². The fraction of sp³-hybridized carbons (Fsp3) is 0.263. The fourth-order valence-electron chi connectivity index (χ4n) is 2.61. The number of fused-ring (bicyclic) bond motifs is 1. The van der Waals surface area contributed by atoms with Gasteiger partial charge >= 0.3 is 0 Å². The van der Waals surface area contributed by atoms with Gasteiger partial charge in [-0.1, -0.05) is 43.3 Å². The van der Waals surface area contributed by atoms with Crippen molar-refractivity contribution in [2.45, 2.75) is 19.8 Å². The molecular formula is C19H21NO. The number of rotatable bonds is 6. The molecule has 1 N–H and O–H groups in total. The molecule has 0 aliphatic carbocycles. The van der Waals surface area contributed by atoms with Gasteiger partial charge in [0, 0.05) is 5.39 Å². The maximum atomic E-state index is 5.67. The van der Waals surface area contributed by atoms with E-state index in [9.17, 15) is 0 Å². The standard InChI is InChI=1S/C19H21NO/c1-2-11-20-12-10-17-14-21-19-9-8-16(13-18(17)19)15-6-4-3-5-7-15/h3-9,13-14,20H,2,10-12H2,1H3. The Balaban J connectivity index is 1.86. The number of hydrogen-bond donors (Lipinski definition) is 1. The molecule has 3 aromatic rings. The van der Waals surface area contributed by atoms with E-state index in [0.29, 0.717) is 0 Å². The van der Waals surface area contributed by atoms with Crippen molar-refractivity contribution < 1.29 is 4.42 Å². The van der Waals surface area contributed by atoms with Crippen LogP contribution in [0.15, 0.2) is 59.2 Å². The van der Waals surface area contributed by atoms with Gasteiger partial charge in [-0.05, 0) is 54.8 Å². The Morgan fingerprint density at radius 3 is 2.62 bits per heavy atom. The SMILES string of the molecule is CCCNCCc1coc2ccc(-c3ccccc3)cc12. The number of furan rings is 1. The van der Waals surface area contributed by atoms with Gasteiger partial charge in [0.15, 0.2) is 0 Å². The van der Waals surface area contributed by atoms with Crippen molar-refractivity contribution in [3.8, 4) is 11.1 Å². The molecule has 2 aromatic carbocycles. The summed E-state index contributed by atoms with van der Waals surface area (Å²) in [6.45, 7) is 4.26. The van der Waals surface area contributed by atoms with Crippen molar-refractivity contribution in [1.29, 1.82) is 0 Å². The summed E-state index contributed by atoms with van der Waals surface area (Å²) >= 11 is 0. The minimum absolute atomic E-state index is 0.972. The van der Waals surface area contributed by atoms with Crippen LogP contribution in [0.2, 0.25) is 0 Å². The minimum Gasteiger partial charge on any atom is -0.464 e. The second-order valence-electron chi connectivity index (χ2n) is 5.34. The van der Waals surface area contributed by atoms with Crippen LogP contribution in [0.1, 0.15) is 18.9 Å². The van der Waals surface area contributed by atoms with Crippen LogP contribution in [0.4, 0.5) is 0 Å². The highest BCUT2D eigenvalue weighted by atomic mass is 16.3. The van der Waals surface area contributed by atoms with Gasteiger partial charge in [0.1, 0.15) is 5.58 Å². The van der Waals surface area contributed by atoms with E-state index in [0.717, 1.165) is 25.1 Å². The van der Waals surface area contributed by atoms with E-state index < -0.39 is 0 Å².